The molecule has 0 aliphatic carbocycles. The number of hydrogen-bond donors (Lipinski definition) is 1. The topological polar surface area (TPSA) is 42.7 Å². The fourth-order valence-electron chi connectivity index (χ4n) is 2.25. The number of aryl methyl sites for hydroxylation is 2. The van der Waals surface area contributed by atoms with E-state index in [9.17, 15) is 0 Å². The summed E-state index contributed by atoms with van der Waals surface area (Å²) in [5.41, 5.74) is 3.57. The fraction of sp³-hybridized carbons (Fsp3) is 0.467. The van der Waals surface area contributed by atoms with Gasteiger partial charge in [-0.15, -0.1) is 0 Å². The molecule has 0 aliphatic heterocycles. The van der Waals surface area contributed by atoms with Gasteiger partial charge in [0.25, 0.3) is 0 Å². The summed E-state index contributed by atoms with van der Waals surface area (Å²) in [6, 6.07) is 2.35. The third-order valence-corrected chi connectivity index (χ3v) is 3.08. The molecule has 0 amide bonds. The molecule has 2 aromatic heterocycles. The van der Waals surface area contributed by atoms with Crippen molar-refractivity contribution in [3.8, 4) is 0 Å². The Bertz CT molecular complexity index is 518. The first-order valence-electron chi connectivity index (χ1n) is 6.91. The summed E-state index contributed by atoms with van der Waals surface area (Å²) in [6.07, 6.45) is 8.98. The van der Waals surface area contributed by atoms with Crippen LogP contribution in [0.1, 0.15) is 43.0 Å². The first-order valence-corrected chi connectivity index (χ1v) is 6.91. The number of pyridine rings is 1. The maximum Gasteiger partial charge on any atom is 0.0623 e. The standard InChI is InChI=1S/C15H22N4/c1-4-6-19-11-14(10-18-19)15(17-5-2)13-7-12(3)8-16-9-13/h7-11,15,17H,4-6H2,1-3H3. The van der Waals surface area contributed by atoms with Crippen LogP contribution >= 0.6 is 0 Å². The molecular formula is C15H22N4. The van der Waals surface area contributed by atoms with Crippen molar-refractivity contribution < 1.29 is 0 Å². The van der Waals surface area contributed by atoms with Gasteiger partial charge >= 0.3 is 0 Å². The lowest BCUT2D eigenvalue weighted by Crippen LogP contribution is -2.21. The molecule has 4 nitrogen and oxygen atoms in total. The molecule has 4 heteroatoms. The molecule has 0 fully saturated rings. The predicted molar refractivity (Wildman–Crippen MR) is 77.0 cm³/mol. The van der Waals surface area contributed by atoms with Crippen molar-refractivity contribution in [3.05, 3.63) is 47.5 Å². The molecule has 0 bridgehead atoms. The second kappa shape index (κ2) is 6.48. The van der Waals surface area contributed by atoms with Crippen molar-refractivity contribution in [1.82, 2.24) is 20.1 Å². The number of nitrogens with zero attached hydrogens (tertiary/aromatic N) is 3. The summed E-state index contributed by atoms with van der Waals surface area (Å²) < 4.78 is 2.00. The Morgan fingerprint density at radius 1 is 1.21 bits per heavy atom. The van der Waals surface area contributed by atoms with Gasteiger partial charge in [0, 0.05) is 30.7 Å². The summed E-state index contributed by atoms with van der Waals surface area (Å²) in [5.74, 6) is 0. The summed E-state index contributed by atoms with van der Waals surface area (Å²) in [4.78, 5) is 4.29. The number of hydrogen-bond acceptors (Lipinski definition) is 3. The maximum atomic E-state index is 4.41. The highest BCUT2D eigenvalue weighted by molar-refractivity contribution is 5.29. The molecule has 0 radical (unpaired) electrons. The minimum absolute atomic E-state index is 0.169. The normalized spacial score (nSPS) is 12.6. The molecule has 0 saturated heterocycles. The van der Waals surface area contributed by atoms with E-state index in [0.29, 0.717) is 0 Å². The van der Waals surface area contributed by atoms with E-state index in [1.54, 1.807) is 0 Å². The quantitative estimate of drug-likeness (QED) is 0.866. The third kappa shape index (κ3) is 3.41. The van der Waals surface area contributed by atoms with Crippen molar-refractivity contribution in [1.29, 1.82) is 0 Å². The van der Waals surface area contributed by atoms with Crippen LogP contribution in [0.4, 0.5) is 0 Å². The molecule has 1 atom stereocenters. The molecule has 1 N–H and O–H groups in total. The first-order chi connectivity index (χ1) is 9.24. The molecule has 1 unspecified atom stereocenters. The van der Waals surface area contributed by atoms with Crippen LogP contribution in [0.3, 0.4) is 0 Å². The van der Waals surface area contributed by atoms with Crippen LogP contribution in [0.5, 0.6) is 0 Å². The number of rotatable bonds is 6. The zero-order valence-corrected chi connectivity index (χ0v) is 11.9. The summed E-state index contributed by atoms with van der Waals surface area (Å²) >= 11 is 0. The van der Waals surface area contributed by atoms with Crippen LogP contribution < -0.4 is 5.32 Å². The van der Waals surface area contributed by atoms with Gasteiger partial charge in [0.1, 0.15) is 0 Å². The van der Waals surface area contributed by atoms with E-state index in [-0.39, 0.29) is 6.04 Å². The molecule has 0 aliphatic rings. The van der Waals surface area contributed by atoms with Crippen molar-refractivity contribution in [2.75, 3.05) is 6.54 Å². The van der Waals surface area contributed by atoms with E-state index in [0.717, 1.165) is 19.5 Å². The molecular weight excluding hydrogens is 236 g/mol. The molecule has 0 spiro atoms. The van der Waals surface area contributed by atoms with Gasteiger partial charge in [-0.2, -0.15) is 5.10 Å². The fourth-order valence-corrected chi connectivity index (χ4v) is 2.25. The van der Waals surface area contributed by atoms with E-state index in [1.165, 1.54) is 16.7 Å². The average Bonchev–Trinajstić information content (AvgIpc) is 2.85. The SMILES string of the molecule is CCCn1cc(C(NCC)c2cncc(C)c2)cn1. The van der Waals surface area contributed by atoms with E-state index in [1.807, 2.05) is 23.3 Å². The summed E-state index contributed by atoms with van der Waals surface area (Å²) in [5, 5.41) is 7.92. The van der Waals surface area contributed by atoms with Gasteiger partial charge < -0.3 is 5.32 Å². The van der Waals surface area contributed by atoms with Gasteiger partial charge in [0.05, 0.1) is 12.2 Å². The molecule has 0 aromatic carbocycles. The Kier molecular flexibility index (Phi) is 4.68. The van der Waals surface area contributed by atoms with Gasteiger partial charge in [-0.05, 0) is 31.0 Å². The van der Waals surface area contributed by atoms with Crippen LogP contribution in [0.15, 0.2) is 30.9 Å². The molecule has 2 rings (SSSR count). The molecule has 0 saturated carbocycles. The first kappa shape index (κ1) is 13.7. The Morgan fingerprint density at radius 2 is 2.05 bits per heavy atom. The second-order valence-electron chi connectivity index (χ2n) is 4.82. The van der Waals surface area contributed by atoms with Crippen LogP contribution in [-0.4, -0.2) is 21.3 Å². The van der Waals surface area contributed by atoms with Gasteiger partial charge in [0.15, 0.2) is 0 Å². The largest absolute Gasteiger partial charge is 0.306 e. The minimum atomic E-state index is 0.169. The maximum absolute atomic E-state index is 4.41. The minimum Gasteiger partial charge on any atom is -0.306 e. The van der Waals surface area contributed by atoms with Crippen LogP contribution in [0.25, 0.3) is 0 Å². The van der Waals surface area contributed by atoms with E-state index in [4.69, 9.17) is 0 Å². The summed E-state index contributed by atoms with van der Waals surface area (Å²) in [7, 11) is 0. The smallest absolute Gasteiger partial charge is 0.0623 e. The van der Waals surface area contributed by atoms with Crippen LogP contribution in [0, 0.1) is 6.92 Å². The Hall–Kier alpha value is -1.68. The highest BCUT2D eigenvalue weighted by Crippen LogP contribution is 2.21. The van der Waals surface area contributed by atoms with Gasteiger partial charge in [-0.3, -0.25) is 9.67 Å². The van der Waals surface area contributed by atoms with Gasteiger partial charge in [0.2, 0.25) is 0 Å². The Morgan fingerprint density at radius 3 is 2.74 bits per heavy atom. The van der Waals surface area contributed by atoms with Crippen LogP contribution in [-0.2, 0) is 6.54 Å². The molecule has 102 valence electrons. The van der Waals surface area contributed by atoms with Gasteiger partial charge in [-0.1, -0.05) is 19.9 Å². The van der Waals surface area contributed by atoms with Crippen molar-refractivity contribution in [2.24, 2.45) is 0 Å². The van der Waals surface area contributed by atoms with Crippen molar-refractivity contribution in [2.45, 2.75) is 39.8 Å². The average molecular weight is 258 g/mol. The predicted octanol–water partition coefficient (Wildman–Crippen LogP) is 2.70. The van der Waals surface area contributed by atoms with E-state index >= 15 is 0 Å². The third-order valence-electron chi connectivity index (χ3n) is 3.08. The Balaban J connectivity index is 2.28. The number of aromatic nitrogens is 3. The van der Waals surface area contributed by atoms with Crippen molar-refractivity contribution in [3.63, 3.8) is 0 Å². The molecule has 2 heterocycles. The van der Waals surface area contributed by atoms with E-state index in [2.05, 4.69) is 48.4 Å². The second-order valence-corrected chi connectivity index (χ2v) is 4.82. The highest BCUT2D eigenvalue weighted by atomic mass is 15.3. The lowest BCUT2D eigenvalue weighted by Gasteiger charge is -2.16. The lowest BCUT2D eigenvalue weighted by atomic mass is 10.0. The molecule has 19 heavy (non-hydrogen) atoms. The van der Waals surface area contributed by atoms with Crippen molar-refractivity contribution >= 4 is 0 Å². The number of nitrogens with one attached hydrogen (secondary N) is 1. The highest BCUT2D eigenvalue weighted by Gasteiger charge is 2.15. The Labute approximate surface area is 114 Å². The van der Waals surface area contributed by atoms with E-state index < -0.39 is 0 Å². The molecule has 2 aromatic rings. The lowest BCUT2D eigenvalue weighted by molar-refractivity contribution is 0.597. The van der Waals surface area contributed by atoms with Crippen LogP contribution in [0.2, 0.25) is 0 Å². The summed E-state index contributed by atoms with van der Waals surface area (Å²) in [6.45, 7) is 8.22. The van der Waals surface area contributed by atoms with Gasteiger partial charge in [-0.25, -0.2) is 0 Å². The zero-order valence-electron chi connectivity index (χ0n) is 11.9. The monoisotopic (exact) mass is 258 g/mol. The zero-order chi connectivity index (χ0) is 13.7.